The van der Waals surface area contributed by atoms with Gasteiger partial charge in [0, 0.05) is 24.4 Å². The van der Waals surface area contributed by atoms with Crippen LogP contribution in [-0.2, 0) is 24.0 Å². The van der Waals surface area contributed by atoms with E-state index in [4.69, 9.17) is 16.3 Å². The van der Waals surface area contributed by atoms with Gasteiger partial charge in [0.1, 0.15) is 17.2 Å². The lowest BCUT2D eigenvalue weighted by Gasteiger charge is -2.12. The number of aromatic nitrogens is 3. The second-order valence-electron chi connectivity index (χ2n) is 7.78. The molecule has 0 unspecified atom stereocenters. The summed E-state index contributed by atoms with van der Waals surface area (Å²) < 4.78 is 45.0. The number of alkyl halides is 3. The normalized spacial score (nSPS) is 11.4. The average molecular weight is 517 g/mol. The number of hydrogen-bond acceptors (Lipinski definition) is 5. The number of aryl methyl sites for hydroxylation is 1. The van der Waals surface area contributed by atoms with Crippen LogP contribution in [0.25, 0.3) is 11.5 Å². The molecule has 0 saturated heterocycles. The first-order chi connectivity index (χ1) is 17.2. The van der Waals surface area contributed by atoms with Crippen molar-refractivity contribution in [3.8, 4) is 23.0 Å². The number of imidazole rings is 1. The molecule has 2 aromatic heterocycles. The minimum Gasteiger partial charge on any atom is -0.457 e. The Morgan fingerprint density at radius 1 is 1.08 bits per heavy atom. The van der Waals surface area contributed by atoms with Crippen molar-refractivity contribution in [1.29, 1.82) is 0 Å². The van der Waals surface area contributed by atoms with E-state index in [0.717, 1.165) is 17.7 Å². The summed E-state index contributed by atoms with van der Waals surface area (Å²) in [6, 6.07) is 13.7. The first kappa shape index (κ1) is 25.2. The molecule has 186 valence electrons. The number of amides is 1. The third-order valence-electron chi connectivity index (χ3n) is 5.10. The molecule has 2 aromatic carbocycles. The number of halogens is 4. The molecule has 3 N–H and O–H groups in total. The largest absolute Gasteiger partial charge is 0.457 e. The van der Waals surface area contributed by atoms with Gasteiger partial charge in [-0.15, -0.1) is 0 Å². The highest BCUT2D eigenvalue weighted by Gasteiger charge is 2.33. The van der Waals surface area contributed by atoms with Crippen LogP contribution in [0.5, 0.6) is 11.5 Å². The Morgan fingerprint density at radius 2 is 1.89 bits per heavy atom. The van der Waals surface area contributed by atoms with Crippen molar-refractivity contribution in [3.63, 3.8) is 0 Å². The number of nitrogens with one attached hydrogen (secondary N) is 2. The fourth-order valence-electron chi connectivity index (χ4n) is 3.38. The predicted molar refractivity (Wildman–Crippen MR) is 128 cm³/mol. The van der Waals surface area contributed by atoms with Gasteiger partial charge in [-0.2, -0.15) is 13.2 Å². The molecular weight excluding hydrogens is 497 g/mol. The number of pyridine rings is 1. The van der Waals surface area contributed by atoms with Crippen molar-refractivity contribution in [3.05, 3.63) is 88.8 Å². The summed E-state index contributed by atoms with van der Waals surface area (Å²) in [5, 5.41) is 11.2. The number of nitrogens with zero attached hydrogens (tertiary/aromatic N) is 2. The van der Waals surface area contributed by atoms with Crippen molar-refractivity contribution in [2.45, 2.75) is 25.6 Å². The molecule has 7 nitrogen and oxygen atoms in total. The zero-order valence-corrected chi connectivity index (χ0v) is 19.4. The fourth-order valence-corrected chi connectivity index (χ4v) is 3.60. The van der Waals surface area contributed by atoms with Crippen LogP contribution in [0.15, 0.2) is 67.0 Å². The molecule has 0 fully saturated rings. The van der Waals surface area contributed by atoms with Crippen LogP contribution in [0.4, 0.5) is 18.9 Å². The summed E-state index contributed by atoms with van der Waals surface area (Å²) in [6.07, 6.45) is -1.12. The van der Waals surface area contributed by atoms with E-state index in [2.05, 4.69) is 20.3 Å². The summed E-state index contributed by atoms with van der Waals surface area (Å²) in [7, 11) is 0. The van der Waals surface area contributed by atoms with Gasteiger partial charge in [-0.3, -0.25) is 9.78 Å². The molecule has 11 heteroatoms. The highest BCUT2D eigenvalue weighted by atomic mass is 35.5. The van der Waals surface area contributed by atoms with Crippen LogP contribution in [-0.4, -0.2) is 26.0 Å². The van der Waals surface area contributed by atoms with E-state index >= 15 is 0 Å². The maximum Gasteiger partial charge on any atom is 0.417 e. The minimum absolute atomic E-state index is 0.0185. The molecule has 0 atom stereocenters. The lowest BCUT2D eigenvalue weighted by molar-refractivity contribution is -0.137. The van der Waals surface area contributed by atoms with Crippen molar-refractivity contribution < 1.29 is 27.8 Å². The number of aromatic amines is 1. The van der Waals surface area contributed by atoms with Gasteiger partial charge in [-0.1, -0.05) is 23.7 Å². The van der Waals surface area contributed by atoms with Gasteiger partial charge in [0.25, 0.3) is 0 Å². The first-order valence-electron chi connectivity index (χ1n) is 10.8. The van der Waals surface area contributed by atoms with E-state index in [0.29, 0.717) is 35.1 Å². The zero-order valence-electron chi connectivity index (χ0n) is 18.6. The van der Waals surface area contributed by atoms with Gasteiger partial charge >= 0.3 is 6.18 Å². The van der Waals surface area contributed by atoms with E-state index in [-0.39, 0.29) is 18.7 Å². The number of carbonyl (C=O) groups is 1. The van der Waals surface area contributed by atoms with Gasteiger partial charge in [0.2, 0.25) is 5.91 Å². The SMILES string of the molecule is O=C(CCc1cccc(Oc2ccnc(-c3ncc(CO)[nH]3)c2)c1)Nc1ccc(Cl)c(C(F)(F)F)c1. The van der Waals surface area contributed by atoms with Crippen LogP contribution in [0, 0.1) is 0 Å². The number of rotatable bonds is 8. The van der Waals surface area contributed by atoms with Gasteiger partial charge in [0.05, 0.1) is 29.1 Å². The Balaban J connectivity index is 1.37. The summed E-state index contributed by atoms with van der Waals surface area (Å²) in [6.45, 7) is -0.164. The van der Waals surface area contributed by atoms with E-state index in [1.807, 2.05) is 6.07 Å². The molecule has 4 rings (SSSR count). The number of hydrogen-bond donors (Lipinski definition) is 3. The second-order valence-corrected chi connectivity index (χ2v) is 8.19. The number of aliphatic hydroxyl groups is 1. The lowest BCUT2D eigenvalue weighted by atomic mass is 10.1. The third kappa shape index (κ3) is 6.41. The van der Waals surface area contributed by atoms with E-state index in [1.165, 1.54) is 12.3 Å². The summed E-state index contributed by atoms with van der Waals surface area (Å²) in [5.41, 5.74) is 0.919. The van der Waals surface area contributed by atoms with Crippen LogP contribution < -0.4 is 10.1 Å². The van der Waals surface area contributed by atoms with Crippen molar-refractivity contribution in [2.24, 2.45) is 0 Å². The van der Waals surface area contributed by atoms with Crippen LogP contribution in [0.1, 0.15) is 23.2 Å². The van der Waals surface area contributed by atoms with Crippen LogP contribution >= 0.6 is 11.6 Å². The molecule has 0 bridgehead atoms. The van der Waals surface area contributed by atoms with E-state index in [9.17, 15) is 23.1 Å². The fraction of sp³-hybridized carbons (Fsp3) is 0.160. The Hall–Kier alpha value is -3.89. The molecule has 2 heterocycles. The predicted octanol–water partition coefficient (Wildman–Crippen LogP) is 6.00. The molecule has 4 aromatic rings. The summed E-state index contributed by atoms with van der Waals surface area (Å²) in [5.74, 6) is 1.11. The first-order valence-corrected chi connectivity index (χ1v) is 11.1. The molecule has 0 aliphatic carbocycles. The lowest BCUT2D eigenvalue weighted by Crippen LogP contribution is -2.14. The third-order valence-corrected chi connectivity index (χ3v) is 5.43. The van der Waals surface area contributed by atoms with Crippen molar-refractivity contribution in [2.75, 3.05) is 5.32 Å². The molecule has 36 heavy (non-hydrogen) atoms. The van der Waals surface area contributed by atoms with Crippen LogP contribution in [0.3, 0.4) is 0 Å². The highest BCUT2D eigenvalue weighted by Crippen LogP contribution is 2.36. The Kier molecular flexibility index (Phi) is 7.56. The van der Waals surface area contributed by atoms with Crippen molar-refractivity contribution in [1.82, 2.24) is 15.0 Å². The highest BCUT2D eigenvalue weighted by molar-refractivity contribution is 6.31. The van der Waals surface area contributed by atoms with Gasteiger partial charge in [-0.25, -0.2) is 4.98 Å². The molecule has 0 aliphatic heterocycles. The molecule has 0 aliphatic rings. The van der Waals surface area contributed by atoms with E-state index in [1.54, 1.807) is 36.5 Å². The van der Waals surface area contributed by atoms with Gasteiger partial charge < -0.3 is 20.1 Å². The summed E-state index contributed by atoms with van der Waals surface area (Å²) >= 11 is 5.62. The molecule has 0 radical (unpaired) electrons. The Bertz CT molecular complexity index is 1370. The number of anilines is 1. The monoisotopic (exact) mass is 516 g/mol. The quantitative estimate of drug-likeness (QED) is 0.267. The maximum atomic E-state index is 13.0. The second kappa shape index (κ2) is 10.8. The smallest absolute Gasteiger partial charge is 0.417 e. The topological polar surface area (TPSA) is 100 Å². The standard InChI is InChI=1S/C25H20ClF3N4O3/c26-21-6-5-16(11-20(21)25(27,28)29)32-23(35)7-4-15-2-1-3-18(10-15)36-19-8-9-30-22(12-19)24-31-13-17(14-34)33-24/h1-3,5-6,8-13,34H,4,7,14H2,(H,31,33)(H,32,35). The number of H-pyrrole nitrogens is 1. The van der Waals surface area contributed by atoms with Gasteiger partial charge in [0.15, 0.2) is 5.82 Å². The number of carbonyl (C=O) groups excluding carboxylic acids is 1. The van der Waals surface area contributed by atoms with Gasteiger partial charge in [-0.05, 0) is 48.4 Å². The number of ether oxygens (including phenoxy) is 1. The Morgan fingerprint density at radius 3 is 2.64 bits per heavy atom. The minimum atomic E-state index is -4.62. The molecular formula is C25H20ClF3N4O3. The maximum absolute atomic E-state index is 13.0. The molecule has 0 spiro atoms. The average Bonchev–Trinajstić information content (AvgIpc) is 3.33. The molecule has 1 amide bonds. The van der Waals surface area contributed by atoms with Crippen molar-refractivity contribution >= 4 is 23.2 Å². The van der Waals surface area contributed by atoms with Crippen LogP contribution in [0.2, 0.25) is 5.02 Å². The Labute approximate surface area is 208 Å². The number of benzene rings is 2. The zero-order chi connectivity index (χ0) is 25.7. The van der Waals surface area contributed by atoms with E-state index < -0.39 is 22.7 Å². The summed E-state index contributed by atoms with van der Waals surface area (Å²) in [4.78, 5) is 23.7. The number of aliphatic hydroxyl groups excluding tert-OH is 1. The molecule has 0 saturated carbocycles.